The van der Waals surface area contributed by atoms with Crippen LogP contribution in [0.4, 0.5) is 10.1 Å². The van der Waals surface area contributed by atoms with Gasteiger partial charge in [0.25, 0.3) is 11.6 Å². The van der Waals surface area contributed by atoms with E-state index in [1.165, 1.54) is 42.5 Å². The molecule has 7 heteroatoms. The first-order valence-electron chi connectivity index (χ1n) is 8.29. The van der Waals surface area contributed by atoms with E-state index < -0.39 is 4.92 Å². The Bertz CT molecular complexity index is 843. The van der Waals surface area contributed by atoms with Gasteiger partial charge in [0.1, 0.15) is 5.82 Å². The Morgan fingerprint density at radius 2 is 1.69 bits per heavy atom. The second kappa shape index (κ2) is 7.43. The molecule has 1 heterocycles. The molecule has 0 radical (unpaired) electrons. The standard InChI is InChI=1S/C19H17FN2O4/c20-16-6-4-13(5-7-16)18(23)14-8-10-21(11-9-14)19(24)15-2-1-3-17(12-15)22(25)26/h1-7,12,14H,8-11H2. The van der Waals surface area contributed by atoms with Crippen LogP contribution in [0.3, 0.4) is 0 Å². The van der Waals surface area contributed by atoms with Crippen molar-refractivity contribution >= 4 is 17.4 Å². The minimum atomic E-state index is -0.537. The zero-order chi connectivity index (χ0) is 18.7. The molecular weight excluding hydrogens is 339 g/mol. The maximum atomic E-state index is 13.0. The number of nitro benzene ring substituents is 1. The van der Waals surface area contributed by atoms with Crippen molar-refractivity contribution in [1.82, 2.24) is 4.90 Å². The van der Waals surface area contributed by atoms with Crippen LogP contribution in [0.2, 0.25) is 0 Å². The van der Waals surface area contributed by atoms with Crippen molar-refractivity contribution in [3.05, 3.63) is 75.6 Å². The molecule has 134 valence electrons. The van der Waals surface area contributed by atoms with Crippen molar-refractivity contribution in [2.45, 2.75) is 12.8 Å². The van der Waals surface area contributed by atoms with Crippen molar-refractivity contribution in [3.63, 3.8) is 0 Å². The van der Waals surface area contributed by atoms with Crippen molar-refractivity contribution in [2.75, 3.05) is 13.1 Å². The van der Waals surface area contributed by atoms with Crippen LogP contribution in [-0.2, 0) is 0 Å². The summed E-state index contributed by atoms with van der Waals surface area (Å²) in [6.45, 7) is 0.804. The minimum absolute atomic E-state index is 0.0487. The fourth-order valence-electron chi connectivity index (χ4n) is 3.13. The molecule has 1 saturated heterocycles. The van der Waals surface area contributed by atoms with Gasteiger partial charge in [0.05, 0.1) is 4.92 Å². The molecule has 0 aromatic heterocycles. The average Bonchev–Trinajstić information content (AvgIpc) is 2.67. The van der Waals surface area contributed by atoms with Crippen molar-refractivity contribution in [1.29, 1.82) is 0 Å². The fourth-order valence-corrected chi connectivity index (χ4v) is 3.13. The summed E-state index contributed by atoms with van der Waals surface area (Å²) in [7, 11) is 0. The number of likely N-dealkylation sites (tertiary alicyclic amines) is 1. The highest BCUT2D eigenvalue weighted by Crippen LogP contribution is 2.24. The van der Waals surface area contributed by atoms with Crippen LogP contribution in [0.5, 0.6) is 0 Å². The van der Waals surface area contributed by atoms with Gasteiger partial charge in [-0.1, -0.05) is 6.07 Å². The Kier molecular flexibility index (Phi) is 5.06. The lowest BCUT2D eigenvalue weighted by Gasteiger charge is -2.31. The molecule has 1 aliphatic rings. The Labute approximate surface area is 149 Å². The predicted molar refractivity (Wildman–Crippen MR) is 92.5 cm³/mol. The molecule has 0 aliphatic carbocycles. The number of Topliss-reactive ketones (excluding diaryl/α,β-unsaturated/α-hetero) is 1. The first kappa shape index (κ1) is 17.7. The number of amides is 1. The SMILES string of the molecule is O=C(c1ccc(F)cc1)C1CCN(C(=O)c2cccc([N+](=O)[O-])c2)CC1. The quantitative estimate of drug-likeness (QED) is 0.477. The number of carbonyl (C=O) groups excluding carboxylic acids is 2. The number of non-ortho nitro benzene ring substituents is 1. The van der Waals surface area contributed by atoms with E-state index in [0.29, 0.717) is 31.5 Å². The smallest absolute Gasteiger partial charge is 0.270 e. The molecule has 1 amide bonds. The molecule has 1 fully saturated rings. The Balaban J connectivity index is 1.63. The molecule has 0 N–H and O–H groups in total. The largest absolute Gasteiger partial charge is 0.339 e. The van der Waals surface area contributed by atoms with Gasteiger partial charge in [-0.15, -0.1) is 0 Å². The normalized spacial score (nSPS) is 14.9. The molecule has 1 aliphatic heterocycles. The third-order valence-corrected chi connectivity index (χ3v) is 4.59. The van der Waals surface area contributed by atoms with Gasteiger partial charge in [0, 0.05) is 42.3 Å². The van der Waals surface area contributed by atoms with E-state index in [1.807, 2.05) is 0 Å². The van der Waals surface area contributed by atoms with Gasteiger partial charge in [0.15, 0.2) is 5.78 Å². The maximum absolute atomic E-state index is 13.0. The van der Waals surface area contributed by atoms with E-state index in [2.05, 4.69) is 0 Å². The highest BCUT2D eigenvalue weighted by molar-refractivity contribution is 5.98. The summed E-state index contributed by atoms with van der Waals surface area (Å²) in [6.07, 6.45) is 1.02. The van der Waals surface area contributed by atoms with Crippen molar-refractivity contribution in [2.24, 2.45) is 5.92 Å². The molecular formula is C19H17FN2O4. The van der Waals surface area contributed by atoms with Crippen LogP contribution in [0, 0.1) is 21.8 Å². The van der Waals surface area contributed by atoms with Gasteiger partial charge < -0.3 is 4.90 Å². The van der Waals surface area contributed by atoms with Gasteiger partial charge in [-0.25, -0.2) is 4.39 Å². The van der Waals surface area contributed by atoms with Gasteiger partial charge in [-0.2, -0.15) is 0 Å². The summed E-state index contributed by atoms with van der Waals surface area (Å²) < 4.78 is 13.0. The van der Waals surface area contributed by atoms with E-state index >= 15 is 0 Å². The Morgan fingerprint density at radius 3 is 2.31 bits per heavy atom. The molecule has 0 atom stereocenters. The second-order valence-corrected chi connectivity index (χ2v) is 6.25. The van der Waals surface area contributed by atoms with E-state index in [-0.39, 0.29) is 34.7 Å². The van der Waals surface area contributed by atoms with Gasteiger partial charge in [-0.3, -0.25) is 19.7 Å². The van der Waals surface area contributed by atoms with Gasteiger partial charge in [0.2, 0.25) is 0 Å². The van der Waals surface area contributed by atoms with Crippen LogP contribution in [0.15, 0.2) is 48.5 Å². The molecule has 2 aromatic carbocycles. The summed E-state index contributed by atoms with van der Waals surface area (Å²) in [5.74, 6) is -0.928. The summed E-state index contributed by atoms with van der Waals surface area (Å²) in [4.78, 5) is 36.9. The number of nitrogens with zero attached hydrogens (tertiary/aromatic N) is 2. The summed E-state index contributed by atoms with van der Waals surface area (Å²) in [5.41, 5.74) is 0.606. The average molecular weight is 356 g/mol. The van der Waals surface area contributed by atoms with Crippen LogP contribution in [0.25, 0.3) is 0 Å². The number of rotatable bonds is 4. The lowest BCUT2D eigenvalue weighted by atomic mass is 9.88. The number of hydrogen-bond donors (Lipinski definition) is 0. The maximum Gasteiger partial charge on any atom is 0.270 e. The minimum Gasteiger partial charge on any atom is -0.339 e. The van der Waals surface area contributed by atoms with E-state index in [9.17, 15) is 24.1 Å². The number of carbonyl (C=O) groups is 2. The molecule has 0 spiro atoms. The first-order valence-corrected chi connectivity index (χ1v) is 8.29. The Morgan fingerprint density at radius 1 is 1.04 bits per heavy atom. The lowest BCUT2D eigenvalue weighted by molar-refractivity contribution is -0.384. The molecule has 0 bridgehead atoms. The highest BCUT2D eigenvalue weighted by Gasteiger charge is 2.28. The first-order chi connectivity index (χ1) is 12.5. The van der Waals surface area contributed by atoms with Crippen LogP contribution >= 0.6 is 0 Å². The molecule has 2 aromatic rings. The molecule has 0 unspecified atom stereocenters. The predicted octanol–water partition coefficient (Wildman–Crippen LogP) is 3.47. The Hall–Kier alpha value is -3.09. The molecule has 0 saturated carbocycles. The number of piperidine rings is 1. The van der Waals surface area contributed by atoms with E-state index in [0.717, 1.165) is 0 Å². The fraction of sp³-hybridized carbons (Fsp3) is 0.263. The van der Waals surface area contributed by atoms with E-state index in [1.54, 1.807) is 11.0 Å². The van der Waals surface area contributed by atoms with Crippen molar-refractivity contribution < 1.29 is 18.9 Å². The zero-order valence-corrected chi connectivity index (χ0v) is 13.9. The molecule has 3 rings (SSSR count). The number of halogens is 1. The summed E-state index contributed by atoms with van der Waals surface area (Å²) >= 11 is 0. The third-order valence-electron chi connectivity index (χ3n) is 4.59. The number of ketones is 1. The van der Waals surface area contributed by atoms with Crippen LogP contribution in [-0.4, -0.2) is 34.6 Å². The topological polar surface area (TPSA) is 80.5 Å². The highest BCUT2D eigenvalue weighted by atomic mass is 19.1. The monoisotopic (exact) mass is 356 g/mol. The number of nitro groups is 1. The van der Waals surface area contributed by atoms with Crippen LogP contribution in [0.1, 0.15) is 33.6 Å². The lowest BCUT2D eigenvalue weighted by Crippen LogP contribution is -2.40. The van der Waals surface area contributed by atoms with E-state index in [4.69, 9.17) is 0 Å². The summed E-state index contributed by atoms with van der Waals surface area (Å²) in [5, 5.41) is 10.8. The molecule has 26 heavy (non-hydrogen) atoms. The van der Waals surface area contributed by atoms with Gasteiger partial charge >= 0.3 is 0 Å². The second-order valence-electron chi connectivity index (χ2n) is 6.25. The number of hydrogen-bond acceptors (Lipinski definition) is 4. The molecule has 6 nitrogen and oxygen atoms in total. The van der Waals surface area contributed by atoms with Gasteiger partial charge in [-0.05, 0) is 43.2 Å². The van der Waals surface area contributed by atoms with Crippen LogP contribution < -0.4 is 0 Å². The third kappa shape index (κ3) is 3.77. The van der Waals surface area contributed by atoms with Crippen molar-refractivity contribution in [3.8, 4) is 0 Å². The zero-order valence-electron chi connectivity index (χ0n) is 13.9. The number of benzene rings is 2. The summed E-state index contributed by atoms with van der Waals surface area (Å²) in [6, 6.07) is 11.1.